The van der Waals surface area contributed by atoms with Crippen LogP contribution in [0.4, 0.5) is 5.95 Å². The first-order chi connectivity index (χ1) is 7.06. The van der Waals surface area contributed by atoms with Crippen molar-refractivity contribution in [3.05, 3.63) is 20.8 Å². The summed E-state index contributed by atoms with van der Waals surface area (Å²) in [6, 6.07) is 0. The Labute approximate surface area is 83.3 Å². The molecule has 0 aromatic carbocycles. The van der Waals surface area contributed by atoms with E-state index < -0.39 is 11.2 Å². The molecule has 0 amide bonds. The Kier molecular flexibility index (Phi) is 1.86. The van der Waals surface area contributed by atoms with E-state index in [2.05, 4.69) is 15.4 Å². The van der Waals surface area contributed by atoms with Crippen LogP contribution in [0.3, 0.4) is 0 Å². The zero-order valence-electron chi connectivity index (χ0n) is 8.24. The van der Waals surface area contributed by atoms with E-state index in [0.29, 0.717) is 11.6 Å². The number of aromatic amines is 1. The van der Waals surface area contributed by atoms with E-state index in [-0.39, 0.29) is 5.52 Å². The SMILES string of the molecule is Cn1c(NN)nc2c(=O)[nH]c(=O)n(C)c21. The molecule has 80 valence electrons. The molecule has 15 heavy (non-hydrogen) atoms. The van der Waals surface area contributed by atoms with E-state index in [1.54, 1.807) is 14.1 Å². The van der Waals surface area contributed by atoms with Gasteiger partial charge in [0.2, 0.25) is 5.95 Å². The monoisotopic (exact) mass is 210 g/mol. The van der Waals surface area contributed by atoms with Crippen molar-refractivity contribution in [3.63, 3.8) is 0 Å². The number of hydrogen-bond acceptors (Lipinski definition) is 5. The molecule has 0 fully saturated rings. The van der Waals surface area contributed by atoms with E-state index >= 15 is 0 Å². The topological polar surface area (TPSA) is 111 Å². The van der Waals surface area contributed by atoms with Crippen LogP contribution in [0, 0.1) is 0 Å². The Hall–Kier alpha value is -2.09. The first-order valence-electron chi connectivity index (χ1n) is 4.18. The van der Waals surface area contributed by atoms with Gasteiger partial charge < -0.3 is 0 Å². The average Bonchev–Trinajstić information content (AvgIpc) is 2.53. The number of nitrogens with one attached hydrogen (secondary N) is 2. The summed E-state index contributed by atoms with van der Waals surface area (Å²) in [5.41, 5.74) is 1.92. The van der Waals surface area contributed by atoms with Gasteiger partial charge in [0.1, 0.15) is 0 Å². The van der Waals surface area contributed by atoms with Crippen molar-refractivity contribution in [2.75, 3.05) is 5.43 Å². The van der Waals surface area contributed by atoms with Gasteiger partial charge in [0.15, 0.2) is 11.2 Å². The van der Waals surface area contributed by atoms with E-state index in [1.165, 1.54) is 9.13 Å². The summed E-state index contributed by atoms with van der Waals surface area (Å²) in [4.78, 5) is 28.8. The zero-order valence-corrected chi connectivity index (χ0v) is 8.24. The molecule has 0 unspecified atom stereocenters. The highest BCUT2D eigenvalue weighted by Gasteiger charge is 2.13. The molecule has 8 nitrogen and oxygen atoms in total. The van der Waals surface area contributed by atoms with E-state index in [4.69, 9.17) is 5.84 Å². The lowest BCUT2D eigenvalue weighted by Gasteiger charge is -2.02. The van der Waals surface area contributed by atoms with Gasteiger partial charge in [-0.25, -0.2) is 15.6 Å². The van der Waals surface area contributed by atoms with Crippen LogP contribution >= 0.6 is 0 Å². The number of imidazole rings is 1. The molecule has 2 heterocycles. The van der Waals surface area contributed by atoms with Crippen LogP contribution in [0.5, 0.6) is 0 Å². The second-order valence-electron chi connectivity index (χ2n) is 3.13. The van der Waals surface area contributed by atoms with Crippen LogP contribution in [0.15, 0.2) is 9.59 Å². The fraction of sp³-hybridized carbons (Fsp3) is 0.286. The highest BCUT2D eigenvalue weighted by Crippen LogP contribution is 2.11. The quantitative estimate of drug-likeness (QED) is 0.381. The summed E-state index contributed by atoms with van der Waals surface area (Å²) >= 11 is 0. The Morgan fingerprint density at radius 3 is 2.60 bits per heavy atom. The lowest BCUT2D eigenvalue weighted by atomic mass is 10.5. The van der Waals surface area contributed by atoms with Crippen molar-refractivity contribution in [2.45, 2.75) is 0 Å². The highest BCUT2D eigenvalue weighted by atomic mass is 16.2. The molecule has 4 N–H and O–H groups in total. The number of H-pyrrole nitrogens is 1. The minimum Gasteiger partial charge on any atom is -0.298 e. The number of aromatic nitrogens is 4. The summed E-state index contributed by atoms with van der Waals surface area (Å²) in [7, 11) is 3.20. The fourth-order valence-corrected chi connectivity index (χ4v) is 1.49. The summed E-state index contributed by atoms with van der Waals surface area (Å²) in [6.45, 7) is 0. The molecule has 0 saturated heterocycles. The van der Waals surface area contributed by atoms with Crippen LogP contribution in [-0.2, 0) is 14.1 Å². The first-order valence-corrected chi connectivity index (χ1v) is 4.18. The van der Waals surface area contributed by atoms with Gasteiger partial charge in [0.05, 0.1) is 0 Å². The number of hydrogen-bond donors (Lipinski definition) is 3. The number of anilines is 1. The largest absolute Gasteiger partial charge is 0.329 e. The third-order valence-electron chi connectivity index (χ3n) is 2.25. The second kappa shape index (κ2) is 2.95. The predicted molar refractivity (Wildman–Crippen MR) is 54.4 cm³/mol. The van der Waals surface area contributed by atoms with Crippen molar-refractivity contribution < 1.29 is 0 Å². The molecule has 2 aromatic heterocycles. The number of nitrogens with two attached hydrogens (primary N) is 1. The van der Waals surface area contributed by atoms with Gasteiger partial charge >= 0.3 is 5.69 Å². The van der Waals surface area contributed by atoms with Crippen LogP contribution in [0.1, 0.15) is 0 Å². The van der Waals surface area contributed by atoms with Crippen molar-refractivity contribution in [1.29, 1.82) is 0 Å². The minimum absolute atomic E-state index is 0.174. The number of hydrazine groups is 1. The first kappa shape index (κ1) is 9.46. The lowest BCUT2D eigenvalue weighted by Crippen LogP contribution is -2.29. The van der Waals surface area contributed by atoms with E-state index in [9.17, 15) is 9.59 Å². The Morgan fingerprint density at radius 1 is 1.33 bits per heavy atom. The number of nitrogen functional groups attached to an aromatic ring is 1. The maximum absolute atomic E-state index is 11.4. The summed E-state index contributed by atoms with van der Waals surface area (Å²) < 4.78 is 2.83. The van der Waals surface area contributed by atoms with Gasteiger partial charge in [-0.05, 0) is 0 Å². The molecule has 0 bridgehead atoms. The van der Waals surface area contributed by atoms with E-state index in [1.807, 2.05) is 0 Å². The molecular formula is C7H10N6O2. The van der Waals surface area contributed by atoms with Gasteiger partial charge in [-0.3, -0.25) is 24.3 Å². The highest BCUT2D eigenvalue weighted by molar-refractivity contribution is 5.73. The molecular weight excluding hydrogens is 200 g/mol. The number of fused-ring (bicyclic) bond motifs is 1. The summed E-state index contributed by atoms with van der Waals surface area (Å²) in [6.07, 6.45) is 0. The third-order valence-corrected chi connectivity index (χ3v) is 2.25. The Bertz CT molecular complexity index is 633. The number of rotatable bonds is 1. The van der Waals surface area contributed by atoms with Gasteiger partial charge in [-0.1, -0.05) is 0 Å². The molecule has 8 heteroatoms. The van der Waals surface area contributed by atoms with Crippen molar-refractivity contribution >= 4 is 17.1 Å². The molecule has 2 aromatic rings. The summed E-state index contributed by atoms with van der Waals surface area (Å²) in [5.74, 6) is 5.54. The standard InChI is InChI=1S/C7H10N6O2/c1-12-5-3(9-6(12)11-8)4(14)10-7(15)13(5)2/h8H2,1-2H3,(H,9,11)(H,10,14,15). The van der Waals surface area contributed by atoms with Crippen molar-refractivity contribution in [3.8, 4) is 0 Å². The second-order valence-corrected chi connectivity index (χ2v) is 3.13. The minimum atomic E-state index is -0.523. The maximum atomic E-state index is 11.4. The molecule has 0 saturated carbocycles. The third kappa shape index (κ3) is 1.15. The molecule has 0 atom stereocenters. The maximum Gasteiger partial charge on any atom is 0.329 e. The van der Waals surface area contributed by atoms with Gasteiger partial charge in [-0.2, -0.15) is 0 Å². The van der Waals surface area contributed by atoms with Crippen molar-refractivity contribution in [1.82, 2.24) is 19.1 Å². The molecule has 0 radical (unpaired) electrons. The van der Waals surface area contributed by atoms with Gasteiger partial charge in [0.25, 0.3) is 5.56 Å². The zero-order chi connectivity index (χ0) is 11.2. The smallest absolute Gasteiger partial charge is 0.298 e. The van der Waals surface area contributed by atoms with Crippen LogP contribution in [0.2, 0.25) is 0 Å². The molecule has 2 rings (SSSR count). The lowest BCUT2D eigenvalue weighted by molar-refractivity contribution is 0.795. The van der Waals surface area contributed by atoms with Gasteiger partial charge in [-0.15, -0.1) is 0 Å². The molecule has 0 aliphatic carbocycles. The predicted octanol–water partition coefficient (Wildman–Crippen LogP) is -1.75. The number of aryl methyl sites for hydroxylation is 2. The van der Waals surface area contributed by atoms with Crippen LogP contribution in [-0.4, -0.2) is 19.1 Å². The van der Waals surface area contributed by atoms with Gasteiger partial charge in [0, 0.05) is 14.1 Å². The average molecular weight is 210 g/mol. The Morgan fingerprint density at radius 2 is 2.00 bits per heavy atom. The molecule has 0 aliphatic rings. The molecule has 0 spiro atoms. The Balaban J connectivity index is 3.08. The fourth-order valence-electron chi connectivity index (χ4n) is 1.49. The normalized spacial score (nSPS) is 10.9. The number of nitrogens with zero attached hydrogens (tertiary/aromatic N) is 3. The van der Waals surface area contributed by atoms with Crippen LogP contribution < -0.4 is 22.5 Å². The van der Waals surface area contributed by atoms with Crippen LogP contribution in [0.25, 0.3) is 11.2 Å². The summed E-state index contributed by atoms with van der Waals surface area (Å²) in [5, 5.41) is 0. The van der Waals surface area contributed by atoms with E-state index in [0.717, 1.165) is 0 Å². The van der Waals surface area contributed by atoms with Crippen molar-refractivity contribution in [2.24, 2.45) is 19.9 Å². The molecule has 0 aliphatic heterocycles.